The van der Waals surface area contributed by atoms with Crippen molar-refractivity contribution in [1.29, 1.82) is 0 Å². The molecule has 4 heteroatoms. The number of hydrogen-bond donors (Lipinski definition) is 1. The third-order valence-electron chi connectivity index (χ3n) is 3.42. The number of ether oxygens (including phenoxy) is 2. The van der Waals surface area contributed by atoms with Crippen LogP contribution in [0.3, 0.4) is 0 Å². The highest BCUT2D eigenvalue weighted by molar-refractivity contribution is 7.80. The SMILES string of the molecule is CC(C)(C)c1ccccc1OCCOc1cccc(C(N)=S)c1. The fourth-order valence-corrected chi connectivity index (χ4v) is 2.39. The summed E-state index contributed by atoms with van der Waals surface area (Å²) in [6, 6.07) is 15.6. The minimum atomic E-state index is 0.0442. The van der Waals surface area contributed by atoms with Crippen LogP contribution in [0, 0.1) is 0 Å². The van der Waals surface area contributed by atoms with Gasteiger partial charge in [-0.15, -0.1) is 0 Å². The van der Waals surface area contributed by atoms with E-state index in [1.54, 1.807) is 0 Å². The molecule has 0 fully saturated rings. The van der Waals surface area contributed by atoms with Gasteiger partial charge in [0.15, 0.2) is 0 Å². The Balaban J connectivity index is 1.92. The Morgan fingerprint density at radius 3 is 2.39 bits per heavy atom. The molecule has 0 heterocycles. The van der Waals surface area contributed by atoms with E-state index < -0.39 is 0 Å². The van der Waals surface area contributed by atoms with Gasteiger partial charge in [0.2, 0.25) is 0 Å². The molecule has 0 saturated carbocycles. The van der Waals surface area contributed by atoms with Crippen LogP contribution in [0.2, 0.25) is 0 Å². The van der Waals surface area contributed by atoms with Gasteiger partial charge in [-0.05, 0) is 29.2 Å². The van der Waals surface area contributed by atoms with E-state index in [9.17, 15) is 0 Å². The quantitative estimate of drug-likeness (QED) is 0.641. The van der Waals surface area contributed by atoms with Crippen LogP contribution in [0.25, 0.3) is 0 Å². The van der Waals surface area contributed by atoms with E-state index in [2.05, 4.69) is 26.8 Å². The fraction of sp³-hybridized carbons (Fsp3) is 0.316. The third-order valence-corrected chi connectivity index (χ3v) is 3.66. The lowest BCUT2D eigenvalue weighted by Crippen LogP contribution is -2.16. The molecule has 0 saturated heterocycles. The van der Waals surface area contributed by atoms with Crippen molar-refractivity contribution >= 4 is 17.2 Å². The van der Waals surface area contributed by atoms with Gasteiger partial charge >= 0.3 is 0 Å². The number of para-hydroxylation sites is 1. The second-order valence-electron chi connectivity index (χ2n) is 6.34. The second-order valence-corrected chi connectivity index (χ2v) is 6.77. The lowest BCUT2D eigenvalue weighted by atomic mass is 9.86. The summed E-state index contributed by atoms with van der Waals surface area (Å²) in [7, 11) is 0. The normalized spacial score (nSPS) is 11.1. The van der Waals surface area contributed by atoms with Crippen LogP contribution in [-0.2, 0) is 5.41 Å². The molecule has 0 aliphatic rings. The first-order chi connectivity index (χ1) is 10.9. The summed E-state index contributed by atoms with van der Waals surface area (Å²) in [5, 5.41) is 0. The second kappa shape index (κ2) is 7.47. The molecule has 0 bridgehead atoms. The first kappa shape index (κ1) is 17.3. The van der Waals surface area contributed by atoms with Gasteiger partial charge in [0.1, 0.15) is 29.7 Å². The van der Waals surface area contributed by atoms with Crippen LogP contribution in [0.4, 0.5) is 0 Å². The van der Waals surface area contributed by atoms with Crippen LogP contribution in [0.5, 0.6) is 11.5 Å². The lowest BCUT2D eigenvalue weighted by molar-refractivity contribution is 0.214. The Labute approximate surface area is 143 Å². The zero-order valence-corrected chi connectivity index (χ0v) is 14.7. The molecule has 3 nitrogen and oxygen atoms in total. The Morgan fingerprint density at radius 2 is 1.70 bits per heavy atom. The molecule has 0 amide bonds. The number of benzene rings is 2. The predicted molar refractivity (Wildman–Crippen MR) is 98.5 cm³/mol. The van der Waals surface area contributed by atoms with Crippen molar-refractivity contribution in [3.63, 3.8) is 0 Å². The lowest BCUT2D eigenvalue weighted by Gasteiger charge is -2.22. The van der Waals surface area contributed by atoms with Crippen molar-refractivity contribution in [1.82, 2.24) is 0 Å². The van der Waals surface area contributed by atoms with E-state index in [4.69, 9.17) is 27.4 Å². The van der Waals surface area contributed by atoms with Gasteiger partial charge in [-0.25, -0.2) is 0 Å². The minimum Gasteiger partial charge on any atom is -0.490 e. The number of thiocarbonyl (C=S) groups is 1. The fourth-order valence-electron chi connectivity index (χ4n) is 2.26. The molecule has 2 aromatic carbocycles. The predicted octanol–water partition coefficient (Wildman–Crippen LogP) is 4.08. The third kappa shape index (κ3) is 4.96. The Kier molecular flexibility index (Phi) is 5.61. The summed E-state index contributed by atoms with van der Waals surface area (Å²) >= 11 is 4.97. The van der Waals surface area contributed by atoms with Crippen molar-refractivity contribution in [2.24, 2.45) is 5.73 Å². The highest BCUT2D eigenvalue weighted by Crippen LogP contribution is 2.30. The highest BCUT2D eigenvalue weighted by atomic mass is 32.1. The topological polar surface area (TPSA) is 44.5 Å². The molecule has 0 aliphatic heterocycles. The van der Waals surface area contributed by atoms with E-state index in [1.165, 1.54) is 5.56 Å². The zero-order chi connectivity index (χ0) is 16.9. The van der Waals surface area contributed by atoms with Crippen molar-refractivity contribution in [2.75, 3.05) is 13.2 Å². The summed E-state index contributed by atoms with van der Waals surface area (Å²) in [4.78, 5) is 0.366. The first-order valence-electron chi connectivity index (χ1n) is 7.63. The van der Waals surface area contributed by atoms with Gasteiger partial charge in [0.05, 0.1) is 0 Å². The monoisotopic (exact) mass is 329 g/mol. The number of rotatable bonds is 6. The van der Waals surface area contributed by atoms with Crippen LogP contribution >= 0.6 is 12.2 Å². The van der Waals surface area contributed by atoms with Crippen LogP contribution < -0.4 is 15.2 Å². The molecule has 0 aromatic heterocycles. The van der Waals surface area contributed by atoms with Crippen molar-refractivity contribution in [3.05, 3.63) is 59.7 Å². The Bertz CT molecular complexity index is 677. The average Bonchev–Trinajstić information content (AvgIpc) is 2.51. The molecule has 2 aromatic rings. The van der Waals surface area contributed by atoms with E-state index in [0.29, 0.717) is 18.2 Å². The molecule has 23 heavy (non-hydrogen) atoms. The highest BCUT2D eigenvalue weighted by Gasteiger charge is 2.18. The van der Waals surface area contributed by atoms with Gasteiger partial charge in [-0.2, -0.15) is 0 Å². The van der Waals surface area contributed by atoms with Crippen LogP contribution in [-0.4, -0.2) is 18.2 Å². The summed E-state index contributed by atoms with van der Waals surface area (Å²) < 4.78 is 11.6. The van der Waals surface area contributed by atoms with Crippen molar-refractivity contribution in [2.45, 2.75) is 26.2 Å². The summed E-state index contributed by atoms with van der Waals surface area (Å²) in [6.07, 6.45) is 0. The molecule has 0 unspecified atom stereocenters. The molecule has 122 valence electrons. The molecular weight excluding hydrogens is 306 g/mol. The maximum absolute atomic E-state index is 5.89. The zero-order valence-electron chi connectivity index (χ0n) is 13.8. The van der Waals surface area contributed by atoms with Crippen LogP contribution in [0.1, 0.15) is 31.9 Å². The molecule has 0 aliphatic carbocycles. The largest absolute Gasteiger partial charge is 0.490 e. The van der Waals surface area contributed by atoms with Gasteiger partial charge in [0, 0.05) is 5.56 Å². The average molecular weight is 329 g/mol. The molecular formula is C19H23NO2S. The van der Waals surface area contributed by atoms with Gasteiger partial charge in [0.25, 0.3) is 0 Å². The Morgan fingerprint density at radius 1 is 1.00 bits per heavy atom. The van der Waals surface area contributed by atoms with E-state index >= 15 is 0 Å². The number of nitrogens with two attached hydrogens (primary N) is 1. The van der Waals surface area contributed by atoms with Gasteiger partial charge in [-0.3, -0.25) is 0 Å². The van der Waals surface area contributed by atoms with Crippen LogP contribution in [0.15, 0.2) is 48.5 Å². The summed E-state index contributed by atoms with van der Waals surface area (Å²) in [5.41, 5.74) is 7.66. The summed E-state index contributed by atoms with van der Waals surface area (Å²) in [5.74, 6) is 1.64. The standard InChI is InChI=1S/C19H23NO2S/c1-19(2,3)16-9-4-5-10-17(16)22-12-11-21-15-8-6-7-14(13-15)18(20)23/h4-10,13H,11-12H2,1-3H3,(H2,20,23). The molecule has 0 radical (unpaired) electrons. The van der Waals surface area contributed by atoms with E-state index in [0.717, 1.165) is 17.1 Å². The smallest absolute Gasteiger partial charge is 0.123 e. The maximum atomic E-state index is 5.89. The molecule has 0 atom stereocenters. The van der Waals surface area contributed by atoms with Crippen molar-refractivity contribution < 1.29 is 9.47 Å². The minimum absolute atomic E-state index is 0.0442. The van der Waals surface area contributed by atoms with Crippen molar-refractivity contribution in [3.8, 4) is 11.5 Å². The maximum Gasteiger partial charge on any atom is 0.123 e. The van der Waals surface area contributed by atoms with Gasteiger partial charge < -0.3 is 15.2 Å². The van der Waals surface area contributed by atoms with E-state index in [1.807, 2.05) is 42.5 Å². The summed E-state index contributed by atoms with van der Waals surface area (Å²) in [6.45, 7) is 7.45. The van der Waals surface area contributed by atoms with E-state index in [-0.39, 0.29) is 5.41 Å². The molecule has 0 spiro atoms. The molecule has 2 N–H and O–H groups in total. The van der Waals surface area contributed by atoms with Gasteiger partial charge in [-0.1, -0.05) is 63.3 Å². The first-order valence-corrected chi connectivity index (χ1v) is 8.04. The molecule has 2 rings (SSSR count). The number of hydrogen-bond acceptors (Lipinski definition) is 3. The Hall–Kier alpha value is -2.07.